The van der Waals surface area contributed by atoms with E-state index in [2.05, 4.69) is 10.3 Å². The maximum Gasteiger partial charge on any atom is 0.233 e. The molecule has 1 aromatic heterocycles. The van der Waals surface area contributed by atoms with Gasteiger partial charge in [-0.3, -0.25) is 9.59 Å². The number of likely N-dealkylation sites (tertiary alicyclic amines) is 1. The fraction of sp³-hybridized carbons (Fsp3) is 0.286. The Morgan fingerprint density at radius 1 is 1.07 bits per heavy atom. The number of rotatable bonds is 5. The monoisotopic (exact) mass is 411 g/mol. The van der Waals surface area contributed by atoms with Crippen molar-refractivity contribution in [2.75, 3.05) is 24.2 Å². The van der Waals surface area contributed by atoms with E-state index in [0.717, 1.165) is 20.2 Å². The van der Waals surface area contributed by atoms with Crippen molar-refractivity contribution in [1.82, 2.24) is 9.88 Å². The Morgan fingerprint density at radius 3 is 2.54 bits per heavy atom. The molecular weight excluding hydrogens is 390 g/mol. The van der Waals surface area contributed by atoms with Crippen molar-refractivity contribution in [3.05, 3.63) is 54.6 Å². The first-order valence-electron chi connectivity index (χ1n) is 9.31. The van der Waals surface area contributed by atoms with E-state index in [-0.39, 0.29) is 17.7 Å². The Hall–Kier alpha value is -2.38. The van der Waals surface area contributed by atoms with E-state index in [9.17, 15) is 9.59 Å². The molecule has 0 unspecified atom stereocenters. The number of thiazole rings is 1. The number of nitrogens with one attached hydrogen (secondary N) is 1. The highest BCUT2D eigenvalue weighted by Crippen LogP contribution is 2.29. The molecule has 144 valence electrons. The third kappa shape index (κ3) is 4.54. The van der Waals surface area contributed by atoms with Gasteiger partial charge >= 0.3 is 0 Å². The standard InChI is InChI=1S/C21H21N3O2S2/c25-19(14-27-21-23-17-8-4-5-9-18(17)28-21)24-12-10-15(11-13-24)20(26)22-16-6-2-1-3-7-16/h1-9,15H,10-14H2,(H,22,26). The molecule has 4 rings (SSSR count). The van der Waals surface area contributed by atoms with Gasteiger partial charge in [-0.1, -0.05) is 42.1 Å². The largest absolute Gasteiger partial charge is 0.342 e. The van der Waals surface area contributed by atoms with Gasteiger partial charge in [-0.05, 0) is 37.1 Å². The Morgan fingerprint density at radius 2 is 1.79 bits per heavy atom. The first-order valence-corrected chi connectivity index (χ1v) is 11.1. The molecule has 0 spiro atoms. The average Bonchev–Trinajstić information content (AvgIpc) is 3.16. The molecule has 0 bridgehead atoms. The van der Waals surface area contributed by atoms with Gasteiger partial charge in [-0.15, -0.1) is 11.3 Å². The lowest BCUT2D eigenvalue weighted by Crippen LogP contribution is -2.42. The van der Waals surface area contributed by atoms with Crippen LogP contribution >= 0.6 is 23.1 Å². The zero-order valence-corrected chi connectivity index (χ0v) is 17.0. The molecule has 3 aromatic rings. The van der Waals surface area contributed by atoms with E-state index in [1.807, 2.05) is 59.5 Å². The molecule has 2 heterocycles. The number of aromatic nitrogens is 1. The number of piperidine rings is 1. The fourth-order valence-electron chi connectivity index (χ4n) is 3.28. The second-order valence-electron chi connectivity index (χ2n) is 6.75. The minimum absolute atomic E-state index is 0.0406. The first-order chi connectivity index (χ1) is 13.7. The van der Waals surface area contributed by atoms with E-state index in [1.54, 1.807) is 11.3 Å². The van der Waals surface area contributed by atoms with E-state index >= 15 is 0 Å². The van der Waals surface area contributed by atoms with Crippen LogP contribution in [0.25, 0.3) is 10.2 Å². The third-order valence-corrected chi connectivity index (χ3v) is 7.02. The zero-order chi connectivity index (χ0) is 19.3. The highest BCUT2D eigenvalue weighted by atomic mass is 32.2. The van der Waals surface area contributed by atoms with E-state index in [1.165, 1.54) is 11.8 Å². The van der Waals surface area contributed by atoms with E-state index in [0.29, 0.717) is 31.7 Å². The number of para-hydroxylation sites is 2. The highest BCUT2D eigenvalue weighted by molar-refractivity contribution is 8.01. The van der Waals surface area contributed by atoms with Crippen LogP contribution in [0.15, 0.2) is 58.9 Å². The minimum atomic E-state index is -0.0406. The van der Waals surface area contributed by atoms with Gasteiger partial charge < -0.3 is 10.2 Å². The molecule has 1 aliphatic rings. The fourth-order valence-corrected chi connectivity index (χ4v) is 5.26. The molecule has 2 amide bonds. The SMILES string of the molecule is O=C(Nc1ccccc1)C1CCN(C(=O)CSc2nc3ccccc3s2)CC1. The summed E-state index contributed by atoms with van der Waals surface area (Å²) in [7, 11) is 0. The number of carbonyl (C=O) groups excluding carboxylic acids is 2. The summed E-state index contributed by atoms with van der Waals surface area (Å²) in [4.78, 5) is 31.4. The number of carbonyl (C=O) groups is 2. The summed E-state index contributed by atoms with van der Waals surface area (Å²) < 4.78 is 2.06. The van der Waals surface area contributed by atoms with Crippen molar-refractivity contribution in [1.29, 1.82) is 0 Å². The van der Waals surface area contributed by atoms with Crippen molar-refractivity contribution in [3.8, 4) is 0 Å². The van der Waals surface area contributed by atoms with E-state index in [4.69, 9.17) is 0 Å². The number of fused-ring (bicyclic) bond motifs is 1. The molecule has 0 aliphatic carbocycles. The van der Waals surface area contributed by atoms with Gasteiger partial charge in [-0.2, -0.15) is 0 Å². The van der Waals surface area contributed by atoms with E-state index < -0.39 is 0 Å². The van der Waals surface area contributed by atoms with Crippen molar-refractivity contribution in [2.24, 2.45) is 5.92 Å². The summed E-state index contributed by atoms with van der Waals surface area (Å²) in [6.07, 6.45) is 1.41. The summed E-state index contributed by atoms with van der Waals surface area (Å²) in [6, 6.07) is 17.5. The molecular formula is C21H21N3O2S2. The lowest BCUT2D eigenvalue weighted by Gasteiger charge is -2.31. The number of amides is 2. The molecule has 2 aromatic carbocycles. The normalized spacial score (nSPS) is 14.9. The summed E-state index contributed by atoms with van der Waals surface area (Å²) >= 11 is 3.11. The first kappa shape index (κ1) is 19.0. The van der Waals surface area contributed by atoms with Crippen LogP contribution in [0.1, 0.15) is 12.8 Å². The Bertz CT molecular complexity index is 933. The lowest BCUT2D eigenvalue weighted by atomic mass is 9.96. The van der Waals surface area contributed by atoms with Crippen molar-refractivity contribution < 1.29 is 9.59 Å². The van der Waals surface area contributed by atoms with Crippen molar-refractivity contribution in [3.63, 3.8) is 0 Å². The molecule has 1 N–H and O–H groups in total. The van der Waals surface area contributed by atoms with Crippen molar-refractivity contribution >= 4 is 50.8 Å². The van der Waals surface area contributed by atoms with Crippen LogP contribution in [-0.2, 0) is 9.59 Å². The maximum absolute atomic E-state index is 12.5. The number of hydrogen-bond acceptors (Lipinski definition) is 5. The maximum atomic E-state index is 12.5. The van der Waals surface area contributed by atoms with Gasteiger partial charge in [0.05, 0.1) is 16.0 Å². The van der Waals surface area contributed by atoms with Crippen LogP contribution in [-0.4, -0.2) is 40.5 Å². The van der Waals surface area contributed by atoms with Gasteiger partial charge in [-0.25, -0.2) is 4.98 Å². The van der Waals surface area contributed by atoms with Gasteiger partial charge in [0.25, 0.3) is 0 Å². The predicted octanol–water partition coefficient (Wildman–Crippen LogP) is 4.27. The Labute approximate surface area is 172 Å². The third-order valence-electron chi connectivity index (χ3n) is 4.85. The summed E-state index contributed by atoms with van der Waals surface area (Å²) in [6.45, 7) is 1.26. The van der Waals surface area contributed by atoms with Crippen LogP contribution in [0.5, 0.6) is 0 Å². The zero-order valence-electron chi connectivity index (χ0n) is 15.3. The molecule has 7 heteroatoms. The molecule has 0 atom stereocenters. The quantitative estimate of drug-likeness (QED) is 0.637. The van der Waals surface area contributed by atoms with Gasteiger partial charge in [0.15, 0.2) is 4.34 Å². The summed E-state index contributed by atoms with van der Waals surface area (Å²) in [5.41, 5.74) is 1.80. The number of nitrogens with zero attached hydrogens (tertiary/aromatic N) is 2. The summed E-state index contributed by atoms with van der Waals surface area (Å²) in [5, 5.41) is 2.96. The van der Waals surface area contributed by atoms with Gasteiger partial charge in [0.2, 0.25) is 11.8 Å². The second kappa shape index (κ2) is 8.75. The molecule has 1 fully saturated rings. The molecule has 1 saturated heterocycles. The van der Waals surface area contributed by atoms with Crippen LogP contribution in [0.3, 0.4) is 0 Å². The molecule has 1 aliphatic heterocycles. The molecule has 0 saturated carbocycles. The van der Waals surface area contributed by atoms with Crippen LogP contribution in [0, 0.1) is 5.92 Å². The van der Waals surface area contributed by atoms with Crippen molar-refractivity contribution in [2.45, 2.75) is 17.2 Å². The second-order valence-corrected chi connectivity index (χ2v) is 9.00. The van der Waals surface area contributed by atoms with Crippen LogP contribution in [0.4, 0.5) is 5.69 Å². The summed E-state index contributed by atoms with van der Waals surface area (Å²) in [5.74, 6) is 0.509. The van der Waals surface area contributed by atoms with Gasteiger partial charge in [0.1, 0.15) is 0 Å². The Kier molecular flexibility index (Phi) is 5.92. The topological polar surface area (TPSA) is 62.3 Å². The van der Waals surface area contributed by atoms with Crippen LogP contribution < -0.4 is 5.32 Å². The predicted molar refractivity (Wildman–Crippen MR) is 115 cm³/mol. The number of thioether (sulfide) groups is 1. The molecule has 28 heavy (non-hydrogen) atoms. The lowest BCUT2D eigenvalue weighted by molar-refractivity contribution is -0.132. The number of hydrogen-bond donors (Lipinski definition) is 1. The highest BCUT2D eigenvalue weighted by Gasteiger charge is 2.27. The average molecular weight is 412 g/mol. The molecule has 0 radical (unpaired) electrons. The minimum Gasteiger partial charge on any atom is -0.342 e. The smallest absolute Gasteiger partial charge is 0.233 e. The van der Waals surface area contributed by atoms with Gasteiger partial charge in [0, 0.05) is 24.7 Å². The number of anilines is 1. The Balaban J connectivity index is 1.25. The molecule has 5 nitrogen and oxygen atoms in total. The number of benzene rings is 2. The van der Waals surface area contributed by atoms with Crippen LogP contribution in [0.2, 0.25) is 0 Å².